The zero-order chi connectivity index (χ0) is 17.2. The third-order valence-electron chi connectivity index (χ3n) is 3.80. The summed E-state index contributed by atoms with van der Waals surface area (Å²) >= 11 is 0. The van der Waals surface area contributed by atoms with Crippen molar-refractivity contribution in [2.24, 2.45) is 0 Å². The van der Waals surface area contributed by atoms with Crippen molar-refractivity contribution in [3.63, 3.8) is 0 Å². The lowest BCUT2D eigenvalue weighted by Crippen LogP contribution is -2.49. The average Bonchev–Trinajstić information content (AvgIpc) is 2.61. The Morgan fingerprint density at radius 1 is 1.00 bits per heavy atom. The monoisotopic (exact) mass is 336 g/mol. The first-order valence-electron chi connectivity index (χ1n) is 7.44. The van der Waals surface area contributed by atoms with Crippen molar-refractivity contribution < 1.29 is 18.0 Å². The number of benzene rings is 1. The highest BCUT2D eigenvalue weighted by molar-refractivity contribution is 5.94. The standard InChI is InChI=1S/C16H15F3N4O/c17-16(18,19)13-6-7-20-15(21-13)23-10-8-22(9-11-23)14(24)12-4-2-1-3-5-12/h1-7H,8-11H2. The predicted octanol–water partition coefficient (Wildman–Crippen LogP) is 2.46. The molecule has 126 valence electrons. The molecular formula is C16H15F3N4O. The van der Waals surface area contributed by atoms with Crippen LogP contribution in [0.25, 0.3) is 0 Å². The number of nitrogens with zero attached hydrogens (tertiary/aromatic N) is 4. The van der Waals surface area contributed by atoms with Gasteiger partial charge in [0.15, 0.2) is 0 Å². The van der Waals surface area contributed by atoms with Crippen LogP contribution in [0.2, 0.25) is 0 Å². The summed E-state index contributed by atoms with van der Waals surface area (Å²) in [4.78, 5) is 23.2. The summed E-state index contributed by atoms with van der Waals surface area (Å²) in [6, 6.07) is 9.74. The summed E-state index contributed by atoms with van der Waals surface area (Å²) in [7, 11) is 0. The molecule has 1 aromatic heterocycles. The number of hydrogen-bond donors (Lipinski definition) is 0. The molecule has 1 fully saturated rings. The van der Waals surface area contributed by atoms with Crippen LogP contribution in [0.4, 0.5) is 19.1 Å². The van der Waals surface area contributed by atoms with Gasteiger partial charge in [-0.05, 0) is 18.2 Å². The molecule has 3 rings (SSSR count). The molecule has 1 saturated heterocycles. The minimum atomic E-state index is -4.50. The van der Waals surface area contributed by atoms with Crippen LogP contribution in [0.3, 0.4) is 0 Å². The van der Waals surface area contributed by atoms with Gasteiger partial charge in [0.25, 0.3) is 5.91 Å². The molecule has 5 nitrogen and oxygen atoms in total. The van der Waals surface area contributed by atoms with E-state index in [1.807, 2.05) is 6.07 Å². The first-order chi connectivity index (χ1) is 11.4. The Hall–Kier alpha value is -2.64. The summed E-state index contributed by atoms with van der Waals surface area (Å²) in [5.41, 5.74) is -0.364. The third kappa shape index (κ3) is 3.47. The molecule has 0 aliphatic carbocycles. The number of amides is 1. The van der Waals surface area contributed by atoms with E-state index in [4.69, 9.17) is 0 Å². The average molecular weight is 336 g/mol. The van der Waals surface area contributed by atoms with Crippen LogP contribution in [0.5, 0.6) is 0 Å². The van der Waals surface area contributed by atoms with Gasteiger partial charge in [-0.2, -0.15) is 13.2 Å². The highest BCUT2D eigenvalue weighted by Crippen LogP contribution is 2.28. The molecule has 0 radical (unpaired) electrons. The molecule has 1 amide bonds. The van der Waals surface area contributed by atoms with Crippen molar-refractivity contribution in [2.75, 3.05) is 31.1 Å². The Labute approximate surface area is 136 Å². The fourth-order valence-electron chi connectivity index (χ4n) is 2.53. The number of rotatable bonds is 2. The number of alkyl halides is 3. The van der Waals surface area contributed by atoms with Gasteiger partial charge < -0.3 is 9.80 Å². The number of hydrogen-bond acceptors (Lipinski definition) is 4. The van der Waals surface area contributed by atoms with Crippen molar-refractivity contribution >= 4 is 11.9 Å². The van der Waals surface area contributed by atoms with E-state index < -0.39 is 11.9 Å². The van der Waals surface area contributed by atoms with E-state index in [1.54, 1.807) is 34.1 Å². The molecular weight excluding hydrogens is 321 g/mol. The van der Waals surface area contributed by atoms with Gasteiger partial charge in [-0.3, -0.25) is 4.79 Å². The van der Waals surface area contributed by atoms with E-state index in [1.165, 1.54) is 0 Å². The summed E-state index contributed by atoms with van der Waals surface area (Å²) in [6.45, 7) is 1.60. The van der Waals surface area contributed by atoms with E-state index in [0.717, 1.165) is 12.3 Å². The van der Waals surface area contributed by atoms with E-state index in [-0.39, 0.29) is 11.9 Å². The van der Waals surface area contributed by atoms with Crippen LogP contribution in [0, 0.1) is 0 Å². The van der Waals surface area contributed by atoms with Crippen LogP contribution in [-0.2, 0) is 6.18 Å². The first kappa shape index (κ1) is 16.2. The number of piperazine rings is 1. The molecule has 2 aromatic rings. The van der Waals surface area contributed by atoms with Crippen molar-refractivity contribution in [1.82, 2.24) is 14.9 Å². The van der Waals surface area contributed by atoms with Crippen LogP contribution in [0.1, 0.15) is 16.1 Å². The zero-order valence-corrected chi connectivity index (χ0v) is 12.7. The molecule has 0 spiro atoms. The van der Waals surface area contributed by atoms with Gasteiger partial charge in [0.1, 0.15) is 5.69 Å². The van der Waals surface area contributed by atoms with Crippen molar-refractivity contribution in [3.05, 3.63) is 53.9 Å². The summed E-state index contributed by atoms with van der Waals surface area (Å²) in [5.74, 6) is -0.0446. The lowest BCUT2D eigenvalue weighted by molar-refractivity contribution is -0.141. The van der Waals surface area contributed by atoms with Gasteiger partial charge >= 0.3 is 6.18 Å². The molecule has 0 unspecified atom stereocenters. The molecule has 1 aliphatic heterocycles. The molecule has 8 heteroatoms. The minimum Gasteiger partial charge on any atom is -0.337 e. The van der Waals surface area contributed by atoms with Crippen LogP contribution < -0.4 is 4.90 Å². The molecule has 1 aromatic carbocycles. The zero-order valence-electron chi connectivity index (χ0n) is 12.7. The largest absolute Gasteiger partial charge is 0.433 e. The molecule has 0 atom stereocenters. The van der Waals surface area contributed by atoms with Gasteiger partial charge in [0.2, 0.25) is 5.95 Å². The number of carbonyl (C=O) groups excluding carboxylic acids is 1. The van der Waals surface area contributed by atoms with Crippen molar-refractivity contribution in [3.8, 4) is 0 Å². The van der Waals surface area contributed by atoms with E-state index in [2.05, 4.69) is 9.97 Å². The fraction of sp³-hybridized carbons (Fsp3) is 0.312. The van der Waals surface area contributed by atoms with Crippen molar-refractivity contribution in [1.29, 1.82) is 0 Å². The summed E-state index contributed by atoms with van der Waals surface area (Å²) in [5, 5.41) is 0. The minimum absolute atomic E-state index is 0.0386. The second-order valence-electron chi connectivity index (χ2n) is 5.38. The van der Waals surface area contributed by atoms with Crippen LogP contribution in [-0.4, -0.2) is 47.0 Å². The SMILES string of the molecule is O=C(c1ccccc1)N1CCN(c2nccc(C(F)(F)F)n2)CC1. The normalized spacial score (nSPS) is 15.5. The molecule has 24 heavy (non-hydrogen) atoms. The number of carbonyl (C=O) groups is 1. The highest BCUT2D eigenvalue weighted by atomic mass is 19.4. The Morgan fingerprint density at radius 2 is 1.67 bits per heavy atom. The van der Waals surface area contributed by atoms with E-state index >= 15 is 0 Å². The van der Waals surface area contributed by atoms with Crippen LogP contribution in [0.15, 0.2) is 42.6 Å². The highest BCUT2D eigenvalue weighted by Gasteiger charge is 2.33. The maximum absolute atomic E-state index is 12.7. The lowest BCUT2D eigenvalue weighted by Gasteiger charge is -2.34. The smallest absolute Gasteiger partial charge is 0.337 e. The Kier molecular flexibility index (Phi) is 4.37. The van der Waals surface area contributed by atoms with Gasteiger partial charge in [-0.25, -0.2) is 9.97 Å². The number of aromatic nitrogens is 2. The molecule has 0 saturated carbocycles. The van der Waals surface area contributed by atoms with Gasteiger partial charge in [0.05, 0.1) is 0 Å². The second kappa shape index (κ2) is 6.46. The molecule has 1 aliphatic rings. The van der Waals surface area contributed by atoms with Gasteiger partial charge in [-0.15, -0.1) is 0 Å². The fourth-order valence-corrected chi connectivity index (χ4v) is 2.53. The van der Waals surface area contributed by atoms with E-state index in [0.29, 0.717) is 31.7 Å². The second-order valence-corrected chi connectivity index (χ2v) is 5.38. The van der Waals surface area contributed by atoms with Crippen molar-refractivity contribution in [2.45, 2.75) is 6.18 Å². The molecule has 2 heterocycles. The summed E-state index contributed by atoms with van der Waals surface area (Å²) < 4.78 is 38.2. The van der Waals surface area contributed by atoms with Gasteiger partial charge in [0, 0.05) is 37.9 Å². The summed E-state index contributed by atoms with van der Waals surface area (Å²) in [6.07, 6.45) is -3.39. The number of halogens is 3. The Balaban J connectivity index is 1.66. The lowest BCUT2D eigenvalue weighted by atomic mass is 10.2. The Bertz CT molecular complexity index is 713. The van der Waals surface area contributed by atoms with Crippen LogP contribution >= 0.6 is 0 Å². The van der Waals surface area contributed by atoms with Gasteiger partial charge in [-0.1, -0.05) is 18.2 Å². The maximum Gasteiger partial charge on any atom is 0.433 e. The molecule has 0 bridgehead atoms. The van der Waals surface area contributed by atoms with E-state index in [9.17, 15) is 18.0 Å². The third-order valence-corrected chi connectivity index (χ3v) is 3.80. The maximum atomic E-state index is 12.7. The number of anilines is 1. The Morgan fingerprint density at radius 3 is 2.29 bits per heavy atom. The predicted molar refractivity (Wildman–Crippen MR) is 81.6 cm³/mol. The quantitative estimate of drug-likeness (QED) is 0.845. The topological polar surface area (TPSA) is 49.3 Å². The molecule has 0 N–H and O–H groups in total. The first-order valence-corrected chi connectivity index (χ1v) is 7.44.